The smallest absolute Gasteiger partial charge is 0.260 e. The quantitative estimate of drug-likeness (QED) is 0.550. The highest BCUT2D eigenvalue weighted by molar-refractivity contribution is 7.92. The van der Waals surface area contributed by atoms with Crippen molar-refractivity contribution in [3.63, 3.8) is 0 Å². The maximum atomic E-state index is 12.8. The second-order valence-electron chi connectivity index (χ2n) is 7.43. The van der Waals surface area contributed by atoms with Gasteiger partial charge in [0, 0.05) is 18.1 Å². The van der Waals surface area contributed by atoms with Crippen molar-refractivity contribution in [3.05, 3.63) is 83.9 Å². The minimum Gasteiger partial charge on any atom is -0.484 e. The lowest BCUT2D eigenvalue weighted by molar-refractivity contribution is -0.132. The Kier molecular flexibility index (Phi) is 6.30. The van der Waals surface area contributed by atoms with Crippen LogP contribution in [0.4, 0.5) is 0 Å². The lowest BCUT2D eigenvalue weighted by Crippen LogP contribution is -2.35. The standard InChI is InChI=1S/C24H22ClNO4S/c25-20-8-12-22(13-9-20)31(28,29)23-14-15-26(16-23)24(27)17-30-21-10-6-19(7-11-21)18-4-2-1-3-5-18/h1-13,23H,14-17H2. The van der Waals surface area contributed by atoms with E-state index in [1.807, 2.05) is 54.6 Å². The second kappa shape index (κ2) is 9.12. The minimum absolute atomic E-state index is 0.127. The molecule has 3 aromatic carbocycles. The van der Waals surface area contributed by atoms with Crippen LogP contribution in [0.15, 0.2) is 83.8 Å². The summed E-state index contributed by atoms with van der Waals surface area (Å²) in [6.07, 6.45) is 0.405. The van der Waals surface area contributed by atoms with E-state index in [1.54, 1.807) is 17.0 Å². The first-order chi connectivity index (χ1) is 14.9. The first kappa shape index (κ1) is 21.4. The van der Waals surface area contributed by atoms with Crippen LogP contribution in [0.25, 0.3) is 11.1 Å². The van der Waals surface area contributed by atoms with Crippen molar-refractivity contribution in [2.45, 2.75) is 16.6 Å². The Labute approximate surface area is 187 Å². The summed E-state index contributed by atoms with van der Waals surface area (Å²) in [7, 11) is -3.51. The van der Waals surface area contributed by atoms with E-state index in [1.165, 1.54) is 12.1 Å². The van der Waals surface area contributed by atoms with Crippen LogP contribution < -0.4 is 4.74 Å². The number of carbonyl (C=O) groups is 1. The number of nitrogens with zero attached hydrogens (tertiary/aromatic N) is 1. The molecule has 0 N–H and O–H groups in total. The lowest BCUT2D eigenvalue weighted by Gasteiger charge is -2.17. The fourth-order valence-corrected chi connectivity index (χ4v) is 5.45. The van der Waals surface area contributed by atoms with Crippen LogP contribution in [0, 0.1) is 0 Å². The Balaban J connectivity index is 1.33. The normalized spacial score (nSPS) is 16.3. The highest BCUT2D eigenvalue weighted by Crippen LogP contribution is 2.26. The molecule has 1 aliphatic rings. The van der Waals surface area contributed by atoms with Crippen molar-refractivity contribution in [1.82, 2.24) is 4.90 Å². The van der Waals surface area contributed by atoms with Gasteiger partial charge in [0.25, 0.3) is 5.91 Å². The van der Waals surface area contributed by atoms with Gasteiger partial charge in [-0.25, -0.2) is 8.42 Å². The van der Waals surface area contributed by atoms with Gasteiger partial charge in [-0.2, -0.15) is 0 Å². The van der Waals surface area contributed by atoms with Crippen LogP contribution in [0.2, 0.25) is 5.02 Å². The highest BCUT2D eigenvalue weighted by Gasteiger charge is 2.36. The minimum atomic E-state index is -3.51. The van der Waals surface area contributed by atoms with Crippen molar-refractivity contribution in [1.29, 1.82) is 0 Å². The van der Waals surface area contributed by atoms with Crippen LogP contribution in [0.3, 0.4) is 0 Å². The van der Waals surface area contributed by atoms with Gasteiger partial charge in [0.2, 0.25) is 0 Å². The fraction of sp³-hybridized carbons (Fsp3) is 0.208. The predicted octanol–water partition coefficient (Wildman–Crippen LogP) is 4.46. The van der Waals surface area contributed by atoms with Gasteiger partial charge in [-0.3, -0.25) is 4.79 Å². The molecule has 0 radical (unpaired) electrons. The number of ether oxygens (including phenoxy) is 1. The first-order valence-electron chi connectivity index (χ1n) is 9.99. The molecule has 3 aromatic rings. The molecule has 1 fully saturated rings. The Morgan fingerprint density at radius 1 is 0.935 bits per heavy atom. The van der Waals surface area contributed by atoms with E-state index < -0.39 is 15.1 Å². The van der Waals surface area contributed by atoms with E-state index in [0.717, 1.165) is 11.1 Å². The summed E-state index contributed by atoms with van der Waals surface area (Å²) in [5.74, 6) is 0.374. The molecule has 31 heavy (non-hydrogen) atoms. The van der Waals surface area contributed by atoms with Crippen LogP contribution in [0.5, 0.6) is 5.75 Å². The predicted molar refractivity (Wildman–Crippen MR) is 121 cm³/mol. The monoisotopic (exact) mass is 455 g/mol. The average Bonchev–Trinajstić information content (AvgIpc) is 3.30. The number of hydrogen-bond acceptors (Lipinski definition) is 4. The number of benzene rings is 3. The summed E-state index contributed by atoms with van der Waals surface area (Å²) in [4.78, 5) is 14.3. The molecule has 7 heteroatoms. The van der Waals surface area contributed by atoms with E-state index in [-0.39, 0.29) is 24.0 Å². The zero-order valence-electron chi connectivity index (χ0n) is 16.8. The van der Waals surface area contributed by atoms with E-state index in [9.17, 15) is 13.2 Å². The number of rotatable bonds is 6. The average molecular weight is 456 g/mol. The van der Waals surface area contributed by atoms with Crippen molar-refractivity contribution in [2.75, 3.05) is 19.7 Å². The van der Waals surface area contributed by atoms with E-state index in [4.69, 9.17) is 16.3 Å². The topological polar surface area (TPSA) is 63.7 Å². The highest BCUT2D eigenvalue weighted by atomic mass is 35.5. The van der Waals surface area contributed by atoms with Gasteiger partial charge in [-0.05, 0) is 53.9 Å². The van der Waals surface area contributed by atoms with Gasteiger partial charge in [-0.1, -0.05) is 54.1 Å². The molecule has 1 saturated heterocycles. The first-order valence-corrected chi connectivity index (χ1v) is 11.9. The van der Waals surface area contributed by atoms with Crippen molar-refractivity contribution in [3.8, 4) is 16.9 Å². The molecule has 160 valence electrons. The van der Waals surface area contributed by atoms with Crippen LogP contribution >= 0.6 is 11.6 Å². The zero-order chi connectivity index (χ0) is 21.8. The Morgan fingerprint density at radius 2 is 1.58 bits per heavy atom. The Hall–Kier alpha value is -2.83. The molecule has 1 amide bonds. The van der Waals surface area contributed by atoms with Crippen LogP contribution in [-0.2, 0) is 14.6 Å². The second-order valence-corrected chi connectivity index (χ2v) is 10.1. The summed E-state index contributed by atoms with van der Waals surface area (Å²) in [6.45, 7) is 0.436. The van der Waals surface area contributed by atoms with Gasteiger partial charge in [-0.15, -0.1) is 0 Å². The third-order valence-corrected chi connectivity index (χ3v) is 7.85. The maximum absolute atomic E-state index is 12.8. The number of carbonyl (C=O) groups excluding carboxylic acids is 1. The number of halogens is 1. The summed E-state index contributed by atoms with van der Waals surface area (Å²) in [5, 5.41) is -0.140. The molecular formula is C24H22ClNO4S. The van der Waals surface area contributed by atoms with E-state index >= 15 is 0 Å². The molecule has 1 heterocycles. The van der Waals surface area contributed by atoms with Gasteiger partial charge >= 0.3 is 0 Å². The van der Waals surface area contributed by atoms with Gasteiger partial charge < -0.3 is 9.64 Å². The Bertz CT molecular complexity index is 1150. The summed E-state index contributed by atoms with van der Waals surface area (Å²) >= 11 is 5.85. The van der Waals surface area contributed by atoms with Crippen molar-refractivity contribution in [2.24, 2.45) is 0 Å². The number of sulfone groups is 1. The van der Waals surface area contributed by atoms with E-state index in [0.29, 0.717) is 23.7 Å². The largest absolute Gasteiger partial charge is 0.484 e. The lowest BCUT2D eigenvalue weighted by atomic mass is 10.1. The summed E-state index contributed by atoms with van der Waals surface area (Å²) in [5.41, 5.74) is 2.17. The molecule has 4 rings (SSSR count). The molecule has 1 unspecified atom stereocenters. The number of likely N-dealkylation sites (tertiary alicyclic amines) is 1. The molecule has 0 spiro atoms. The van der Waals surface area contributed by atoms with Crippen LogP contribution in [-0.4, -0.2) is 44.2 Å². The summed E-state index contributed by atoms with van der Waals surface area (Å²) in [6, 6.07) is 23.7. The molecule has 1 atom stereocenters. The fourth-order valence-electron chi connectivity index (χ4n) is 3.64. The summed E-state index contributed by atoms with van der Waals surface area (Å²) < 4.78 is 31.3. The molecule has 5 nitrogen and oxygen atoms in total. The van der Waals surface area contributed by atoms with Gasteiger partial charge in [0.05, 0.1) is 10.1 Å². The van der Waals surface area contributed by atoms with Crippen molar-refractivity contribution < 1.29 is 17.9 Å². The molecule has 0 bridgehead atoms. The molecular weight excluding hydrogens is 434 g/mol. The maximum Gasteiger partial charge on any atom is 0.260 e. The van der Waals surface area contributed by atoms with Gasteiger partial charge in [0.15, 0.2) is 16.4 Å². The third-order valence-electron chi connectivity index (χ3n) is 5.40. The number of hydrogen-bond donors (Lipinski definition) is 0. The Morgan fingerprint density at radius 3 is 2.26 bits per heavy atom. The third kappa shape index (κ3) is 4.92. The SMILES string of the molecule is O=C(COc1ccc(-c2ccccc2)cc1)N1CCC(S(=O)(=O)c2ccc(Cl)cc2)C1. The van der Waals surface area contributed by atoms with Crippen molar-refractivity contribution >= 4 is 27.3 Å². The van der Waals surface area contributed by atoms with E-state index in [2.05, 4.69) is 0 Å². The van der Waals surface area contributed by atoms with Gasteiger partial charge in [0.1, 0.15) is 5.75 Å². The molecule has 0 aliphatic carbocycles. The molecule has 1 aliphatic heterocycles. The van der Waals surface area contributed by atoms with Crippen LogP contribution in [0.1, 0.15) is 6.42 Å². The zero-order valence-corrected chi connectivity index (χ0v) is 18.4. The molecule has 0 saturated carbocycles. The molecule has 0 aromatic heterocycles. The number of amides is 1.